The summed E-state index contributed by atoms with van der Waals surface area (Å²) in [5.74, 6) is 0. The molecule has 0 aliphatic rings. The van der Waals surface area contributed by atoms with Gasteiger partial charge in [0.1, 0.15) is 0 Å². The molecule has 0 aromatic carbocycles. The Morgan fingerprint density at radius 2 is 0.870 bits per heavy atom. The van der Waals surface area contributed by atoms with Crippen LogP contribution in [0.1, 0.15) is 77.0 Å². The molecule has 0 rings (SSSR count). The van der Waals surface area contributed by atoms with Crippen LogP contribution in [0.15, 0.2) is 0 Å². The molecule has 3 nitrogen and oxygen atoms in total. The molecule has 0 aliphatic heterocycles. The minimum absolute atomic E-state index is 0. The number of nitrogens with two attached hydrogens (primary N) is 1. The van der Waals surface area contributed by atoms with Gasteiger partial charge in [0.25, 0.3) is 0 Å². The standard InChI is InChI=1S/C17H39N3.3ClH/c1-19-15-11-7-4-5-9-13-17-20-16-12-8-3-2-6-10-14-18;;;/h19-20H,2-18H2,1H3;3*1H. The summed E-state index contributed by atoms with van der Waals surface area (Å²) in [6, 6.07) is 0. The molecule has 0 aliphatic carbocycles. The van der Waals surface area contributed by atoms with Crippen molar-refractivity contribution in [2.24, 2.45) is 5.73 Å². The molecule has 0 saturated heterocycles. The van der Waals surface area contributed by atoms with E-state index < -0.39 is 0 Å². The SMILES string of the molecule is CNCCCCCCCCNCCCCCCCCN.Cl.Cl.Cl. The third kappa shape index (κ3) is 31.1. The van der Waals surface area contributed by atoms with Crippen LogP contribution in [0.2, 0.25) is 0 Å². The maximum Gasteiger partial charge on any atom is -0.00489 e. The molecule has 0 spiro atoms. The summed E-state index contributed by atoms with van der Waals surface area (Å²) < 4.78 is 0. The van der Waals surface area contributed by atoms with Crippen molar-refractivity contribution >= 4 is 37.2 Å². The van der Waals surface area contributed by atoms with Gasteiger partial charge in [-0.25, -0.2) is 0 Å². The second kappa shape index (κ2) is 30.6. The minimum atomic E-state index is 0. The Morgan fingerprint density at radius 3 is 1.26 bits per heavy atom. The highest BCUT2D eigenvalue weighted by atomic mass is 35.5. The molecule has 146 valence electrons. The van der Waals surface area contributed by atoms with Crippen molar-refractivity contribution < 1.29 is 0 Å². The maximum atomic E-state index is 5.48. The van der Waals surface area contributed by atoms with Crippen molar-refractivity contribution in [3.63, 3.8) is 0 Å². The van der Waals surface area contributed by atoms with Gasteiger partial charge in [0.2, 0.25) is 0 Å². The minimum Gasteiger partial charge on any atom is -0.330 e. The summed E-state index contributed by atoms with van der Waals surface area (Å²) in [6.45, 7) is 4.45. The highest BCUT2D eigenvalue weighted by Crippen LogP contribution is 2.05. The second-order valence-electron chi connectivity index (χ2n) is 5.88. The van der Waals surface area contributed by atoms with Gasteiger partial charge in [-0.2, -0.15) is 0 Å². The summed E-state index contributed by atoms with van der Waals surface area (Å²) in [5, 5.41) is 6.77. The fourth-order valence-electron chi connectivity index (χ4n) is 2.49. The molecule has 6 heteroatoms. The highest BCUT2D eigenvalue weighted by Gasteiger charge is 1.93. The summed E-state index contributed by atoms with van der Waals surface area (Å²) >= 11 is 0. The molecule has 0 aromatic heterocycles. The van der Waals surface area contributed by atoms with E-state index in [2.05, 4.69) is 10.6 Å². The number of halogens is 3. The average molecular weight is 395 g/mol. The van der Waals surface area contributed by atoms with Gasteiger partial charge in [-0.05, 0) is 58.9 Å². The van der Waals surface area contributed by atoms with Gasteiger partial charge in [0.15, 0.2) is 0 Å². The third-order valence-electron chi connectivity index (χ3n) is 3.84. The molecule has 0 aromatic rings. The smallest absolute Gasteiger partial charge is 0.00489 e. The van der Waals surface area contributed by atoms with Crippen molar-refractivity contribution in [1.29, 1.82) is 0 Å². The zero-order chi connectivity index (χ0) is 14.7. The van der Waals surface area contributed by atoms with E-state index in [9.17, 15) is 0 Å². The number of hydrogen-bond donors (Lipinski definition) is 3. The Morgan fingerprint density at radius 1 is 0.522 bits per heavy atom. The zero-order valence-corrected chi connectivity index (χ0v) is 17.6. The van der Waals surface area contributed by atoms with E-state index in [1.54, 1.807) is 0 Å². The fourth-order valence-corrected chi connectivity index (χ4v) is 2.49. The van der Waals surface area contributed by atoms with Crippen LogP contribution in [0, 0.1) is 0 Å². The molecule has 0 amide bonds. The number of unbranched alkanes of at least 4 members (excludes halogenated alkanes) is 10. The molecule has 0 unspecified atom stereocenters. The first-order valence-electron chi connectivity index (χ1n) is 8.97. The lowest BCUT2D eigenvalue weighted by molar-refractivity contribution is 0.537. The molecule has 0 radical (unpaired) electrons. The predicted molar refractivity (Wildman–Crippen MR) is 113 cm³/mol. The van der Waals surface area contributed by atoms with E-state index in [0.29, 0.717) is 0 Å². The van der Waals surface area contributed by atoms with Crippen molar-refractivity contribution in [2.45, 2.75) is 77.0 Å². The summed E-state index contributed by atoms with van der Waals surface area (Å²) in [6.07, 6.45) is 16.3. The molecule has 0 saturated carbocycles. The highest BCUT2D eigenvalue weighted by molar-refractivity contribution is 5.86. The lowest BCUT2D eigenvalue weighted by Crippen LogP contribution is -2.16. The van der Waals surface area contributed by atoms with Gasteiger partial charge < -0.3 is 16.4 Å². The molecule has 0 fully saturated rings. The van der Waals surface area contributed by atoms with Gasteiger partial charge in [0.05, 0.1) is 0 Å². The van der Waals surface area contributed by atoms with Gasteiger partial charge in [-0.15, -0.1) is 37.2 Å². The first-order chi connectivity index (χ1) is 9.91. The fraction of sp³-hybridized carbons (Fsp3) is 1.00. The molecular formula is C17H42Cl3N3. The Kier molecular flexibility index (Phi) is 41.9. The first-order valence-corrected chi connectivity index (χ1v) is 8.97. The molecule has 0 heterocycles. The van der Waals surface area contributed by atoms with E-state index in [0.717, 1.165) is 6.54 Å². The molecular weight excluding hydrogens is 353 g/mol. The van der Waals surface area contributed by atoms with Crippen molar-refractivity contribution in [3.05, 3.63) is 0 Å². The van der Waals surface area contributed by atoms with Crippen LogP contribution in [0.25, 0.3) is 0 Å². The Balaban J connectivity index is -0.000000602. The molecule has 0 bridgehead atoms. The number of hydrogen-bond acceptors (Lipinski definition) is 3. The monoisotopic (exact) mass is 393 g/mol. The van der Waals surface area contributed by atoms with Gasteiger partial charge in [0, 0.05) is 0 Å². The topological polar surface area (TPSA) is 50.1 Å². The van der Waals surface area contributed by atoms with Gasteiger partial charge >= 0.3 is 0 Å². The number of nitrogens with one attached hydrogen (secondary N) is 2. The van der Waals surface area contributed by atoms with E-state index in [1.807, 2.05) is 7.05 Å². The van der Waals surface area contributed by atoms with Gasteiger partial charge in [-0.1, -0.05) is 51.4 Å². The maximum absolute atomic E-state index is 5.48. The van der Waals surface area contributed by atoms with Crippen LogP contribution < -0.4 is 16.4 Å². The van der Waals surface area contributed by atoms with E-state index >= 15 is 0 Å². The molecule has 4 N–H and O–H groups in total. The van der Waals surface area contributed by atoms with E-state index in [-0.39, 0.29) is 37.2 Å². The first kappa shape index (κ1) is 31.5. The molecule has 0 atom stereocenters. The second-order valence-corrected chi connectivity index (χ2v) is 5.88. The summed E-state index contributed by atoms with van der Waals surface area (Å²) in [7, 11) is 2.03. The largest absolute Gasteiger partial charge is 0.330 e. The lowest BCUT2D eigenvalue weighted by Gasteiger charge is -2.05. The average Bonchev–Trinajstić information content (AvgIpc) is 2.47. The summed E-state index contributed by atoms with van der Waals surface area (Å²) in [5.41, 5.74) is 5.48. The van der Waals surface area contributed by atoms with Crippen molar-refractivity contribution in [2.75, 3.05) is 33.2 Å². The van der Waals surface area contributed by atoms with Crippen LogP contribution >= 0.6 is 37.2 Å². The zero-order valence-electron chi connectivity index (χ0n) is 15.1. The Hall–Kier alpha value is 0.750. The third-order valence-corrected chi connectivity index (χ3v) is 3.84. The van der Waals surface area contributed by atoms with Crippen molar-refractivity contribution in [3.8, 4) is 0 Å². The van der Waals surface area contributed by atoms with Crippen LogP contribution in [-0.2, 0) is 0 Å². The van der Waals surface area contributed by atoms with Crippen LogP contribution in [0.3, 0.4) is 0 Å². The van der Waals surface area contributed by atoms with Crippen LogP contribution in [0.4, 0.5) is 0 Å². The van der Waals surface area contributed by atoms with Crippen molar-refractivity contribution in [1.82, 2.24) is 10.6 Å². The van der Waals surface area contributed by atoms with E-state index in [1.165, 1.54) is 96.7 Å². The Labute approximate surface area is 163 Å². The molecule has 23 heavy (non-hydrogen) atoms. The van der Waals surface area contributed by atoms with Crippen LogP contribution in [-0.4, -0.2) is 33.2 Å². The number of rotatable bonds is 17. The quantitative estimate of drug-likeness (QED) is 0.313. The van der Waals surface area contributed by atoms with Gasteiger partial charge in [-0.3, -0.25) is 0 Å². The normalized spacial score (nSPS) is 9.65. The summed E-state index contributed by atoms with van der Waals surface area (Å²) in [4.78, 5) is 0. The van der Waals surface area contributed by atoms with Crippen LogP contribution in [0.5, 0.6) is 0 Å². The predicted octanol–water partition coefficient (Wildman–Crippen LogP) is 4.70. The Bertz CT molecular complexity index is 157. The lowest BCUT2D eigenvalue weighted by atomic mass is 10.1. The van der Waals surface area contributed by atoms with E-state index in [4.69, 9.17) is 5.73 Å².